The molecule has 1 fully saturated rings. The fourth-order valence-corrected chi connectivity index (χ4v) is 3.73. The molecule has 4 nitrogen and oxygen atoms in total. The van der Waals surface area contributed by atoms with E-state index in [-0.39, 0.29) is 18.2 Å². The summed E-state index contributed by atoms with van der Waals surface area (Å²) in [6.07, 6.45) is 2.58. The van der Waals surface area contributed by atoms with Gasteiger partial charge in [-0.3, -0.25) is 0 Å². The zero-order valence-electron chi connectivity index (χ0n) is 10.8. The van der Waals surface area contributed by atoms with Crippen molar-refractivity contribution in [1.29, 1.82) is 0 Å². The van der Waals surface area contributed by atoms with Gasteiger partial charge in [0, 0.05) is 13.1 Å². The van der Waals surface area contributed by atoms with Crippen LogP contribution in [0, 0.1) is 11.8 Å². The van der Waals surface area contributed by atoms with Gasteiger partial charge in [0.25, 0.3) is 0 Å². The second-order valence-corrected chi connectivity index (χ2v) is 7.17. The number of rotatable bonds is 5. The maximum absolute atomic E-state index is 12.0. The van der Waals surface area contributed by atoms with E-state index in [0.29, 0.717) is 31.5 Å². The summed E-state index contributed by atoms with van der Waals surface area (Å²) in [4.78, 5) is 0. The normalized spacial score (nSPS) is 19.3. The van der Waals surface area contributed by atoms with Crippen LogP contribution >= 0.6 is 12.4 Å². The van der Waals surface area contributed by atoms with Crippen molar-refractivity contribution in [2.75, 3.05) is 25.4 Å². The quantitative estimate of drug-likeness (QED) is 0.831. The van der Waals surface area contributed by atoms with Crippen LogP contribution in [0.2, 0.25) is 0 Å². The highest BCUT2D eigenvalue weighted by atomic mass is 35.5. The van der Waals surface area contributed by atoms with Crippen molar-refractivity contribution in [2.24, 2.45) is 17.6 Å². The maximum Gasteiger partial charge on any atom is 0.214 e. The Kier molecular flexibility index (Phi) is 7.63. The molecule has 0 amide bonds. The summed E-state index contributed by atoms with van der Waals surface area (Å²) in [6.45, 7) is 6.09. The number of piperidine rings is 1. The molecule has 1 aliphatic heterocycles. The van der Waals surface area contributed by atoms with Gasteiger partial charge in [0.05, 0.1) is 5.75 Å². The van der Waals surface area contributed by atoms with Gasteiger partial charge >= 0.3 is 0 Å². The first-order valence-corrected chi connectivity index (χ1v) is 7.74. The average Bonchev–Trinajstić information content (AvgIpc) is 2.27. The Morgan fingerprint density at radius 3 is 2.24 bits per heavy atom. The Balaban J connectivity index is 0.00000256. The molecule has 0 radical (unpaired) electrons. The van der Waals surface area contributed by atoms with Crippen LogP contribution in [0.15, 0.2) is 0 Å². The Labute approximate surface area is 111 Å². The van der Waals surface area contributed by atoms with E-state index in [4.69, 9.17) is 5.73 Å². The first-order chi connectivity index (χ1) is 7.45. The van der Waals surface area contributed by atoms with Gasteiger partial charge < -0.3 is 5.73 Å². The van der Waals surface area contributed by atoms with E-state index in [1.54, 1.807) is 4.31 Å². The van der Waals surface area contributed by atoms with Crippen molar-refractivity contribution in [3.05, 3.63) is 0 Å². The van der Waals surface area contributed by atoms with Gasteiger partial charge in [0.1, 0.15) is 0 Å². The van der Waals surface area contributed by atoms with Crippen molar-refractivity contribution < 1.29 is 8.42 Å². The molecule has 0 unspecified atom stereocenters. The number of halogens is 1. The molecule has 1 saturated heterocycles. The van der Waals surface area contributed by atoms with E-state index >= 15 is 0 Å². The van der Waals surface area contributed by atoms with Crippen LogP contribution in [-0.4, -0.2) is 38.1 Å². The van der Waals surface area contributed by atoms with E-state index in [2.05, 4.69) is 13.8 Å². The molecule has 0 aromatic heterocycles. The van der Waals surface area contributed by atoms with E-state index in [9.17, 15) is 8.42 Å². The topological polar surface area (TPSA) is 63.4 Å². The lowest BCUT2D eigenvalue weighted by Crippen LogP contribution is -2.41. The first-order valence-electron chi connectivity index (χ1n) is 6.13. The Morgan fingerprint density at radius 2 is 1.82 bits per heavy atom. The van der Waals surface area contributed by atoms with Crippen LogP contribution in [0.1, 0.15) is 33.1 Å². The molecular formula is C11H25ClN2O2S. The molecule has 0 saturated carbocycles. The van der Waals surface area contributed by atoms with Gasteiger partial charge in [-0.05, 0) is 37.6 Å². The molecule has 0 atom stereocenters. The van der Waals surface area contributed by atoms with Gasteiger partial charge in [0.15, 0.2) is 0 Å². The summed E-state index contributed by atoms with van der Waals surface area (Å²) < 4.78 is 25.6. The van der Waals surface area contributed by atoms with Gasteiger partial charge in [0.2, 0.25) is 10.0 Å². The van der Waals surface area contributed by atoms with Crippen LogP contribution in [0.3, 0.4) is 0 Å². The van der Waals surface area contributed by atoms with E-state index in [1.807, 2.05) is 0 Å². The average molecular weight is 285 g/mol. The second kappa shape index (κ2) is 7.56. The fraction of sp³-hybridized carbons (Fsp3) is 1.00. The van der Waals surface area contributed by atoms with Crippen molar-refractivity contribution >= 4 is 22.4 Å². The van der Waals surface area contributed by atoms with Crippen molar-refractivity contribution in [3.8, 4) is 0 Å². The Morgan fingerprint density at radius 1 is 1.29 bits per heavy atom. The molecule has 0 aliphatic carbocycles. The highest BCUT2D eigenvalue weighted by Gasteiger charge is 2.27. The number of hydrogen-bond donors (Lipinski definition) is 1. The number of sulfonamides is 1. The summed E-state index contributed by atoms with van der Waals surface area (Å²) in [7, 11) is -3.02. The zero-order valence-corrected chi connectivity index (χ0v) is 12.4. The molecule has 2 N–H and O–H groups in total. The summed E-state index contributed by atoms with van der Waals surface area (Å²) in [5.41, 5.74) is 5.59. The third-order valence-electron chi connectivity index (χ3n) is 3.25. The monoisotopic (exact) mass is 284 g/mol. The van der Waals surface area contributed by atoms with Crippen LogP contribution < -0.4 is 5.73 Å². The van der Waals surface area contributed by atoms with Crippen LogP contribution in [0.5, 0.6) is 0 Å². The molecule has 0 aromatic carbocycles. The fourth-order valence-electron chi connectivity index (χ4n) is 1.94. The minimum Gasteiger partial charge on any atom is -0.330 e. The van der Waals surface area contributed by atoms with Gasteiger partial charge in [-0.25, -0.2) is 12.7 Å². The third kappa shape index (κ3) is 5.55. The molecular weight excluding hydrogens is 260 g/mol. The molecule has 1 heterocycles. The van der Waals surface area contributed by atoms with Crippen LogP contribution in [0.4, 0.5) is 0 Å². The predicted molar refractivity (Wildman–Crippen MR) is 73.8 cm³/mol. The standard InChI is InChI=1S/C11H24N2O2S.ClH/c1-10(2)5-8-16(14,15)13-6-3-11(9-12)4-7-13;/h10-11H,3-9,12H2,1-2H3;1H. The van der Waals surface area contributed by atoms with Crippen LogP contribution in [-0.2, 0) is 10.0 Å². The minimum atomic E-state index is -3.02. The molecule has 6 heteroatoms. The molecule has 0 bridgehead atoms. The Bertz CT molecular complexity index is 299. The van der Waals surface area contributed by atoms with Crippen LogP contribution in [0.25, 0.3) is 0 Å². The van der Waals surface area contributed by atoms with E-state index in [0.717, 1.165) is 19.3 Å². The molecule has 0 spiro atoms. The lowest BCUT2D eigenvalue weighted by molar-refractivity contribution is 0.278. The van der Waals surface area contributed by atoms with Crippen molar-refractivity contribution in [3.63, 3.8) is 0 Å². The van der Waals surface area contributed by atoms with Gasteiger partial charge in [-0.2, -0.15) is 0 Å². The smallest absolute Gasteiger partial charge is 0.214 e. The number of hydrogen-bond acceptors (Lipinski definition) is 3. The summed E-state index contributed by atoms with van der Waals surface area (Å²) in [5, 5.41) is 0. The van der Waals surface area contributed by atoms with Crippen molar-refractivity contribution in [1.82, 2.24) is 4.31 Å². The summed E-state index contributed by atoms with van der Waals surface area (Å²) in [5.74, 6) is 1.24. The second-order valence-electron chi connectivity index (χ2n) is 5.08. The first kappa shape index (κ1) is 17.2. The molecule has 1 aliphatic rings. The van der Waals surface area contributed by atoms with Crippen molar-refractivity contribution in [2.45, 2.75) is 33.1 Å². The SMILES string of the molecule is CC(C)CCS(=O)(=O)N1CCC(CN)CC1.Cl. The summed E-state index contributed by atoms with van der Waals surface area (Å²) >= 11 is 0. The lowest BCUT2D eigenvalue weighted by atomic mass is 9.99. The highest BCUT2D eigenvalue weighted by molar-refractivity contribution is 7.89. The highest BCUT2D eigenvalue weighted by Crippen LogP contribution is 2.19. The summed E-state index contributed by atoms with van der Waals surface area (Å²) in [6, 6.07) is 0. The lowest BCUT2D eigenvalue weighted by Gasteiger charge is -2.30. The minimum absolute atomic E-state index is 0. The number of nitrogens with zero attached hydrogens (tertiary/aromatic N) is 1. The Hall–Kier alpha value is 0.160. The molecule has 1 rings (SSSR count). The van der Waals surface area contributed by atoms with Gasteiger partial charge in [-0.15, -0.1) is 12.4 Å². The predicted octanol–water partition coefficient (Wildman–Crippen LogP) is 1.45. The maximum atomic E-state index is 12.0. The molecule has 104 valence electrons. The van der Waals surface area contributed by atoms with E-state index in [1.165, 1.54) is 0 Å². The zero-order chi connectivity index (χ0) is 12.2. The molecule has 17 heavy (non-hydrogen) atoms. The molecule has 0 aromatic rings. The largest absolute Gasteiger partial charge is 0.330 e. The number of nitrogens with two attached hydrogens (primary N) is 1. The third-order valence-corrected chi connectivity index (χ3v) is 5.16. The van der Waals surface area contributed by atoms with Gasteiger partial charge in [-0.1, -0.05) is 13.8 Å². The van der Waals surface area contributed by atoms with E-state index < -0.39 is 10.0 Å².